The number of fused-ring (bicyclic) bond motifs is 9. The predicted molar refractivity (Wildman–Crippen MR) is 253 cm³/mol. The fourth-order valence-electron chi connectivity index (χ4n) is 9.49. The van der Waals surface area contributed by atoms with Gasteiger partial charge in [0, 0.05) is 16.3 Å². The molecule has 0 spiro atoms. The van der Waals surface area contributed by atoms with Crippen LogP contribution in [0.3, 0.4) is 0 Å². The molecule has 0 aliphatic carbocycles. The van der Waals surface area contributed by atoms with Crippen LogP contribution in [0.2, 0.25) is 0 Å². The van der Waals surface area contributed by atoms with Gasteiger partial charge in [-0.3, -0.25) is 0 Å². The number of nitrogens with zero attached hydrogens (tertiary/aromatic N) is 1. The summed E-state index contributed by atoms with van der Waals surface area (Å²) < 4.78 is 2.55. The molecule has 0 N–H and O–H groups in total. The van der Waals surface area contributed by atoms with Crippen molar-refractivity contribution in [3.63, 3.8) is 0 Å². The molecule has 0 saturated heterocycles. The van der Waals surface area contributed by atoms with Gasteiger partial charge in [-0.25, -0.2) is 0 Å². The Hall–Kier alpha value is -7.74. The summed E-state index contributed by atoms with van der Waals surface area (Å²) in [6.45, 7) is 0. The van der Waals surface area contributed by atoms with E-state index in [1.807, 2.05) is 0 Å². The minimum Gasteiger partial charge on any atom is -0.309 e. The second-order valence-electron chi connectivity index (χ2n) is 15.7. The minimum atomic E-state index is 1.16. The molecule has 1 heterocycles. The number of benzene rings is 11. The van der Waals surface area contributed by atoms with Gasteiger partial charge in [0.25, 0.3) is 0 Å². The number of rotatable bonds is 5. The molecule has 274 valence electrons. The van der Waals surface area contributed by atoms with Crippen LogP contribution in [0.25, 0.3) is 115 Å². The second kappa shape index (κ2) is 13.4. The SMILES string of the molecule is c1ccc(-c2ccc(-c3cccc(-c4cc5ccccc5cc4-n4c5ccc6ccccc6c5c5c6ccccc6c(-c6ccc7ccccc7c6)cc54)c3)cc2)cc1. The summed E-state index contributed by atoms with van der Waals surface area (Å²) in [5, 5.41) is 12.5. The highest BCUT2D eigenvalue weighted by Crippen LogP contribution is 2.46. The average molecular weight is 748 g/mol. The molecule has 12 rings (SSSR count). The smallest absolute Gasteiger partial charge is 0.0554 e. The molecule has 0 aliphatic heterocycles. The number of aromatic nitrogens is 1. The summed E-state index contributed by atoms with van der Waals surface area (Å²) in [6.07, 6.45) is 0. The van der Waals surface area contributed by atoms with Gasteiger partial charge >= 0.3 is 0 Å². The van der Waals surface area contributed by atoms with E-state index in [0.29, 0.717) is 0 Å². The van der Waals surface area contributed by atoms with E-state index >= 15 is 0 Å². The highest BCUT2D eigenvalue weighted by molar-refractivity contribution is 6.30. The van der Waals surface area contributed by atoms with Gasteiger partial charge in [0.15, 0.2) is 0 Å². The number of hydrogen-bond donors (Lipinski definition) is 0. The van der Waals surface area contributed by atoms with Crippen LogP contribution in [0, 0.1) is 0 Å². The van der Waals surface area contributed by atoms with Crippen molar-refractivity contribution >= 4 is 64.9 Å². The van der Waals surface area contributed by atoms with Gasteiger partial charge in [0.05, 0.1) is 16.7 Å². The van der Waals surface area contributed by atoms with Crippen LogP contribution in [0.15, 0.2) is 224 Å². The molecule has 11 aromatic carbocycles. The van der Waals surface area contributed by atoms with E-state index in [4.69, 9.17) is 0 Å². The molecule has 1 aromatic heterocycles. The van der Waals surface area contributed by atoms with Crippen molar-refractivity contribution in [3.8, 4) is 50.2 Å². The molecular formula is C58H37N. The van der Waals surface area contributed by atoms with Gasteiger partial charge in [-0.1, -0.05) is 188 Å². The predicted octanol–water partition coefficient (Wildman–Crippen LogP) is 16.1. The normalized spacial score (nSPS) is 11.7. The van der Waals surface area contributed by atoms with Crippen LogP contribution in [0.5, 0.6) is 0 Å². The van der Waals surface area contributed by atoms with Gasteiger partial charge < -0.3 is 4.57 Å². The van der Waals surface area contributed by atoms with E-state index < -0.39 is 0 Å². The molecule has 0 unspecified atom stereocenters. The fraction of sp³-hybridized carbons (Fsp3) is 0. The van der Waals surface area contributed by atoms with E-state index in [9.17, 15) is 0 Å². The largest absolute Gasteiger partial charge is 0.309 e. The maximum absolute atomic E-state index is 2.55. The molecular weight excluding hydrogens is 711 g/mol. The molecule has 1 heteroatoms. The van der Waals surface area contributed by atoms with Crippen molar-refractivity contribution in [1.82, 2.24) is 4.57 Å². The summed E-state index contributed by atoms with van der Waals surface area (Å²) in [6, 6.07) is 82.7. The van der Waals surface area contributed by atoms with Crippen LogP contribution < -0.4 is 0 Å². The highest BCUT2D eigenvalue weighted by atomic mass is 15.0. The average Bonchev–Trinajstić information content (AvgIpc) is 3.66. The fourth-order valence-corrected chi connectivity index (χ4v) is 9.49. The summed E-state index contributed by atoms with van der Waals surface area (Å²) in [5.41, 5.74) is 13.2. The lowest BCUT2D eigenvalue weighted by Crippen LogP contribution is -1.98. The van der Waals surface area contributed by atoms with Gasteiger partial charge in [-0.05, 0) is 118 Å². The third-order valence-electron chi connectivity index (χ3n) is 12.3. The molecule has 0 aliphatic rings. The molecule has 59 heavy (non-hydrogen) atoms. The maximum atomic E-state index is 2.55. The molecule has 12 aromatic rings. The van der Waals surface area contributed by atoms with Crippen LogP contribution in [0.1, 0.15) is 0 Å². The monoisotopic (exact) mass is 747 g/mol. The van der Waals surface area contributed by atoms with Crippen LogP contribution in [-0.2, 0) is 0 Å². The second-order valence-corrected chi connectivity index (χ2v) is 15.7. The Morgan fingerprint density at radius 3 is 1.53 bits per heavy atom. The topological polar surface area (TPSA) is 4.93 Å². The Bertz CT molecular complexity index is 3590. The Morgan fingerprint density at radius 1 is 0.237 bits per heavy atom. The zero-order chi connectivity index (χ0) is 38.9. The summed E-state index contributed by atoms with van der Waals surface area (Å²) in [4.78, 5) is 0. The van der Waals surface area contributed by atoms with Crippen LogP contribution in [-0.4, -0.2) is 4.57 Å². The third-order valence-corrected chi connectivity index (χ3v) is 12.3. The maximum Gasteiger partial charge on any atom is 0.0554 e. The van der Waals surface area contributed by atoms with Crippen molar-refractivity contribution < 1.29 is 0 Å². The molecule has 1 nitrogen and oxygen atoms in total. The molecule has 0 amide bonds. The Kier molecular flexibility index (Phi) is 7.61. The van der Waals surface area contributed by atoms with E-state index in [1.54, 1.807) is 0 Å². The summed E-state index contributed by atoms with van der Waals surface area (Å²) >= 11 is 0. The first-order chi connectivity index (χ1) is 29.2. The Morgan fingerprint density at radius 2 is 0.746 bits per heavy atom. The Balaban J connectivity index is 1.16. The zero-order valence-corrected chi connectivity index (χ0v) is 32.3. The number of hydrogen-bond acceptors (Lipinski definition) is 0. The van der Waals surface area contributed by atoms with Crippen molar-refractivity contribution in [2.75, 3.05) is 0 Å². The van der Waals surface area contributed by atoms with E-state index in [2.05, 4.69) is 229 Å². The van der Waals surface area contributed by atoms with Gasteiger partial charge in [0.2, 0.25) is 0 Å². The molecule has 0 fully saturated rings. The lowest BCUT2D eigenvalue weighted by molar-refractivity contribution is 1.19. The van der Waals surface area contributed by atoms with Gasteiger partial charge in [-0.15, -0.1) is 0 Å². The lowest BCUT2D eigenvalue weighted by Gasteiger charge is -2.18. The zero-order valence-electron chi connectivity index (χ0n) is 32.3. The summed E-state index contributed by atoms with van der Waals surface area (Å²) in [5.74, 6) is 0. The first-order valence-electron chi connectivity index (χ1n) is 20.4. The third kappa shape index (κ3) is 5.47. The summed E-state index contributed by atoms with van der Waals surface area (Å²) in [7, 11) is 0. The first-order valence-corrected chi connectivity index (χ1v) is 20.4. The lowest BCUT2D eigenvalue weighted by atomic mass is 9.92. The van der Waals surface area contributed by atoms with Crippen molar-refractivity contribution in [3.05, 3.63) is 224 Å². The van der Waals surface area contributed by atoms with Crippen LogP contribution in [0.4, 0.5) is 0 Å². The quantitative estimate of drug-likeness (QED) is 0.165. The molecule has 0 radical (unpaired) electrons. The minimum absolute atomic E-state index is 1.16. The molecule has 0 atom stereocenters. The molecule has 0 bridgehead atoms. The van der Waals surface area contributed by atoms with Gasteiger partial charge in [-0.2, -0.15) is 0 Å². The van der Waals surface area contributed by atoms with Gasteiger partial charge in [0.1, 0.15) is 0 Å². The Labute approximate surface area is 342 Å². The van der Waals surface area contributed by atoms with E-state index in [1.165, 1.54) is 109 Å². The van der Waals surface area contributed by atoms with Crippen molar-refractivity contribution in [2.45, 2.75) is 0 Å². The van der Waals surface area contributed by atoms with Crippen LogP contribution >= 0.6 is 0 Å². The molecule has 0 saturated carbocycles. The highest BCUT2D eigenvalue weighted by Gasteiger charge is 2.22. The van der Waals surface area contributed by atoms with Crippen molar-refractivity contribution in [1.29, 1.82) is 0 Å². The first kappa shape index (κ1) is 33.4. The van der Waals surface area contributed by atoms with E-state index in [-0.39, 0.29) is 0 Å². The van der Waals surface area contributed by atoms with Crippen molar-refractivity contribution in [2.24, 2.45) is 0 Å². The standard InChI is InChI=1S/C58H37N/c1-2-13-38(14-3-1)40-25-27-41(28-26-40)44-20-12-21-47(33-44)53-35-45-18-6-7-19-46(45)36-55(53)59-54-32-31-42-16-8-9-22-49(42)57(54)58-51-24-11-10-23-50(51)52(37-56(58)59)48-30-29-39-15-4-5-17-43(39)34-48/h1-37H. The van der Waals surface area contributed by atoms with E-state index in [0.717, 1.165) is 5.69 Å².